The summed E-state index contributed by atoms with van der Waals surface area (Å²) in [5.41, 5.74) is 3.98. The summed E-state index contributed by atoms with van der Waals surface area (Å²) in [4.78, 5) is 0. The molecule has 0 spiro atoms. The SMILES string of the molecule is CNC(c1ccc(I)cc1)c1ccc2c(c1)C(C)(C)CO2. The highest BCUT2D eigenvalue weighted by Crippen LogP contribution is 2.40. The molecule has 3 heteroatoms. The maximum atomic E-state index is 5.78. The van der Waals surface area contributed by atoms with Gasteiger partial charge in [0.15, 0.2) is 0 Å². The van der Waals surface area contributed by atoms with Crippen LogP contribution in [0.5, 0.6) is 5.75 Å². The Morgan fingerprint density at radius 2 is 1.76 bits per heavy atom. The number of halogens is 1. The zero-order valence-corrected chi connectivity index (χ0v) is 14.8. The van der Waals surface area contributed by atoms with Gasteiger partial charge in [0.2, 0.25) is 0 Å². The molecule has 0 aromatic heterocycles. The smallest absolute Gasteiger partial charge is 0.123 e. The molecule has 1 aliphatic heterocycles. The molecule has 1 N–H and O–H groups in total. The molecule has 0 saturated heterocycles. The van der Waals surface area contributed by atoms with E-state index < -0.39 is 0 Å². The monoisotopic (exact) mass is 393 g/mol. The summed E-state index contributed by atoms with van der Waals surface area (Å²) in [5.74, 6) is 1.03. The molecule has 0 aliphatic carbocycles. The normalized spacial score (nSPS) is 17.1. The van der Waals surface area contributed by atoms with Crippen LogP contribution in [0, 0.1) is 3.57 Å². The minimum atomic E-state index is 0.0930. The minimum Gasteiger partial charge on any atom is -0.492 e. The van der Waals surface area contributed by atoms with Gasteiger partial charge in [-0.2, -0.15) is 0 Å². The highest BCUT2D eigenvalue weighted by Gasteiger charge is 2.32. The van der Waals surface area contributed by atoms with Crippen LogP contribution < -0.4 is 10.1 Å². The highest BCUT2D eigenvalue weighted by molar-refractivity contribution is 14.1. The second-order valence-electron chi connectivity index (χ2n) is 6.20. The van der Waals surface area contributed by atoms with E-state index >= 15 is 0 Å². The minimum absolute atomic E-state index is 0.0930. The molecule has 0 amide bonds. The van der Waals surface area contributed by atoms with E-state index in [4.69, 9.17) is 4.74 Å². The van der Waals surface area contributed by atoms with Gasteiger partial charge < -0.3 is 10.1 Å². The van der Waals surface area contributed by atoms with Crippen molar-refractivity contribution in [2.45, 2.75) is 25.3 Å². The van der Waals surface area contributed by atoms with Gasteiger partial charge in [-0.1, -0.05) is 32.0 Å². The van der Waals surface area contributed by atoms with Gasteiger partial charge in [0.1, 0.15) is 5.75 Å². The van der Waals surface area contributed by atoms with E-state index in [0.29, 0.717) is 0 Å². The fourth-order valence-corrected chi connectivity index (χ4v) is 3.26. The van der Waals surface area contributed by atoms with Crippen LogP contribution in [0.4, 0.5) is 0 Å². The van der Waals surface area contributed by atoms with E-state index in [2.05, 4.69) is 84.2 Å². The second kappa shape index (κ2) is 5.61. The molecule has 0 saturated carbocycles. The van der Waals surface area contributed by atoms with Crippen molar-refractivity contribution in [2.24, 2.45) is 0 Å². The van der Waals surface area contributed by atoms with Crippen LogP contribution in [0.2, 0.25) is 0 Å². The Morgan fingerprint density at radius 1 is 1.10 bits per heavy atom. The van der Waals surface area contributed by atoms with E-state index in [-0.39, 0.29) is 11.5 Å². The maximum Gasteiger partial charge on any atom is 0.123 e. The van der Waals surface area contributed by atoms with Crippen LogP contribution in [0.1, 0.15) is 36.6 Å². The Kier molecular flexibility index (Phi) is 3.97. The van der Waals surface area contributed by atoms with E-state index in [1.54, 1.807) is 0 Å². The third kappa shape index (κ3) is 2.81. The fraction of sp³-hybridized carbons (Fsp3) is 0.333. The lowest BCUT2D eigenvalue weighted by molar-refractivity contribution is 0.291. The Balaban J connectivity index is 2.01. The molecule has 21 heavy (non-hydrogen) atoms. The van der Waals surface area contributed by atoms with Crippen LogP contribution in [-0.2, 0) is 5.41 Å². The van der Waals surface area contributed by atoms with E-state index in [1.165, 1.54) is 20.3 Å². The fourth-order valence-electron chi connectivity index (χ4n) is 2.90. The standard InChI is InChI=1S/C18H20INO/c1-18(2)11-21-16-9-6-13(10-15(16)18)17(20-3)12-4-7-14(19)8-5-12/h4-10,17,20H,11H2,1-3H3. The summed E-state index contributed by atoms with van der Waals surface area (Å²) in [7, 11) is 2.01. The lowest BCUT2D eigenvalue weighted by Gasteiger charge is -2.21. The van der Waals surface area contributed by atoms with Gasteiger partial charge in [-0.3, -0.25) is 0 Å². The number of hydrogen-bond acceptors (Lipinski definition) is 2. The summed E-state index contributed by atoms with van der Waals surface area (Å²) >= 11 is 2.34. The number of nitrogens with one attached hydrogen (secondary N) is 1. The van der Waals surface area contributed by atoms with Gasteiger partial charge in [-0.15, -0.1) is 0 Å². The third-order valence-corrected chi connectivity index (χ3v) is 4.87. The van der Waals surface area contributed by atoms with Crippen molar-refractivity contribution in [1.82, 2.24) is 5.32 Å². The van der Waals surface area contributed by atoms with Gasteiger partial charge >= 0.3 is 0 Å². The van der Waals surface area contributed by atoms with Gasteiger partial charge in [0, 0.05) is 14.5 Å². The predicted octanol–water partition coefficient (Wildman–Crippen LogP) is 4.27. The van der Waals surface area contributed by atoms with E-state index in [1.807, 2.05) is 7.05 Å². The molecular formula is C18H20INO. The average molecular weight is 393 g/mol. The van der Waals surface area contributed by atoms with E-state index in [0.717, 1.165) is 12.4 Å². The lowest BCUT2D eigenvalue weighted by Crippen LogP contribution is -2.20. The zero-order chi connectivity index (χ0) is 15.0. The first-order valence-corrected chi connectivity index (χ1v) is 8.29. The van der Waals surface area contributed by atoms with Crippen LogP contribution in [0.15, 0.2) is 42.5 Å². The van der Waals surface area contributed by atoms with Crippen LogP contribution in [0.3, 0.4) is 0 Å². The number of ether oxygens (including phenoxy) is 1. The molecule has 1 unspecified atom stereocenters. The summed E-state index contributed by atoms with van der Waals surface area (Å²) in [6.07, 6.45) is 0. The van der Waals surface area contributed by atoms with Crippen LogP contribution >= 0.6 is 22.6 Å². The van der Waals surface area contributed by atoms with Gasteiger partial charge in [0.25, 0.3) is 0 Å². The Hall–Kier alpha value is -1.07. The molecule has 1 aliphatic rings. The number of fused-ring (bicyclic) bond motifs is 1. The summed E-state index contributed by atoms with van der Waals surface area (Å²) < 4.78 is 7.04. The number of benzene rings is 2. The molecule has 1 heterocycles. The summed E-state index contributed by atoms with van der Waals surface area (Å²) in [6, 6.07) is 15.5. The molecule has 0 bridgehead atoms. The molecule has 0 radical (unpaired) electrons. The molecular weight excluding hydrogens is 373 g/mol. The number of rotatable bonds is 3. The topological polar surface area (TPSA) is 21.3 Å². The quantitative estimate of drug-likeness (QED) is 0.787. The first kappa shape index (κ1) is 14.9. The van der Waals surface area contributed by atoms with Crippen molar-refractivity contribution < 1.29 is 4.74 Å². The molecule has 2 nitrogen and oxygen atoms in total. The zero-order valence-electron chi connectivity index (χ0n) is 12.6. The van der Waals surface area contributed by atoms with Crippen molar-refractivity contribution in [3.63, 3.8) is 0 Å². The molecule has 3 rings (SSSR count). The summed E-state index contributed by atoms with van der Waals surface area (Å²) in [6.45, 7) is 5.24. The average Bonchev–Trinajstić information content (AvgIpc) is 2.77. The van der Waals surface area contributed by atoms with Crippen molar-refractivity contribution in [3.8, 4) is 5.75 Å². The predicted molar refractivity (Wildman–Crippen MR) is 95.0 cm³/mol. The summed E-state index contributed by atoms with van der Waals surface area (Å²) in [5, 5.41) is 3.43. The lowest BCUT2D eigenvalue weighted by atomic mass is 9.85. The molecule has 2 aromatic rings. The van der Waals surface area contributed by atoms with Gasteiger partial charge in [-0.05, 0) is 65.0 Å². The highest BCUT2D eigenvalue weighted by atomic mass is 127. The molecule has 2 aromatic carbocycles. The van der Waals surface area contributed by atoms with Crippen molar-refractivity contribution >= 4 is 22.6 Å². The van der Waals surface area contributed by atoms with Gasteiger partial charge in [0.05, 0.1) is 12.6 Å². The second-order valence-corrected chi connectivity index (χ2v) is 7.45. The largest absolute Gasteiger partial charge is 0.492 e. The van der Waals surface area contributed by atoms with Crippen molar-refractivity contribution in [3.05, 3.63) is 62.7 Å². The Bertz CT molecular complexity index is 649. The van der Waals surface area contributed by atoms with Crippen LogP contribution in [-0.4, -0.2) is 13.7 Å². The number of hydrogen-bond donors (Lipinski definition) is 1. The van der Waals surface area contributed by atoms with Crippen molar-refractivity contribution in [2.75, 3.05) is 13.7 Å². The molecule has 1 atom stereocenters. The molecule has 110 valence electrons. The first-order chi connectivity index (χ1) is 10.0. The Morgan fingerprint density at radius 3 is 2.43 bits per heavy atom. The maximum absolute atomic E-state index is 5.78. The van der Waals surface area contributed by atoms with Crippen molar-refractivity contribution in [1.29, 1.82) is 0 Å². The van der Waals surface area contributed by atoms with E-state index in [9.17, 15) is 0 Å². The van der Waals surface area contributed by atoms with Gasteiger partial charge in [-0.25, -0.2) is 0 Å². The molecule has 0 fully saturated rings. The Labute approximate surface area is 140 Å². The van der Waals surface area contributed by atoms with Crippen LogP contribution in [0.25, 0.3) is 0 Å². The first-order valence-electron chi connectivity index (χ1n) is 7.21. The third-order valence-electron chi connectivity index (χ3n) is 4.15.